The number of benzene rings is 1. The number of hydrogen-bond acceptors (Lipinski definition) is 3. The third-order valence-electron chi connectivity index (χ3n) is 4.38. The molecule has 1 aromatic carbocycles. The third-order valence-corrected chi connectivity index (χ3v) is 4.38. The van der Waals surface area contributed by atoms with Crippen LogP contribution in [0.25, 0.3) is 0 Å². The minimum atomic E-state index is -0.193. The Morgan fingerprint density at radius 3 is 2.14 bits per heavy atom. The minimum absolute atomic E-state index is 0.105. The van der Waals surface area contributed by atoms with Gasteiger partial charge in [-0.3, -0.25) is 4.90 Å². The molecule has 0 saturated heterocycles. The van der Waals surface area contributed by atoms with Crippen LogP contribution in [0.3, 0.4) is 0 Å². The van der Waals surface area contributed by atoms with Crippen LogP contribution in [-0.4, -0.2) is 54.7 Å². The van der Waals surface area contributed by atoms with Crippen molar-refractivity contribution in [2.75, 3.05) is 25.0 Å². The van der Waals surface area contributed by atoms with E-state index in [2.05, 4.69) is 65.8 Å². The van der Waals surface area contributed by atoms with Crippen molar-refractivity contribution in [2.45, 2.75) is 73.1 Å². The summed E-state index contributed by atoms with van der Waals surface area (Å²) in [5, 5.41) is 12.4. The molecule has 7 heteroatoms. The highest BCUT2D eigenvalue weighted by molar-refractivity contribution is 5.89. The first-order chi connectivity index (χ1) is 13.7. The number of nitrogens with one attached hydrogen (secondary N) is 4. The summed E-state index contributed by atoms with van der Waals surface area (Å²) in [5.41, 5.74) is 1.85. The first-order valence-electron chi connectivity index (χ1n) is 10.7. The molecule has 1 aromatic rings. The van der Waals surface area contributed by atoms with Gasteiger partial charge in [-0.2, -0.15) is 0 Å². The number of guanidine groups is 1. The van der Waals surface area contributed by atoms with Crippen LogP contribution in [0.4, 0.5) is 10.5 Å². The normalized spacial score (nSPS) is 12.0. The zero-order valence-electron chi connectivity index (χ0n) is 19.2. The highest BCUT2D eigenvalue weighted by atomic mass is 16.2. The van der Waals surface area contributed by atoms with E-state index in [9.17, 15) is 4.79 Å². The molecule has 29 heavy (non-hydrogen) atoms. The van der Waals surface area contributed by atoms with E-state index in [0.29, 0.717) is 18.6 Å². The number of rotatable bonds is 10. The van der Waals surface area contributed by atoms with Gasteiger partial charge in [0.15, 0.2) is 5.96 Å². The molecule has 0 aliphatic heterocycles. The summed E-state index contributed by atoms with van der Waals surface area (Å²) in [6, 6.07) is 8.71. The fourth-order valence-electron chi connectivity index (χ4n) is 3.05. The van der Waals surface area contributed by atoms with Crippen molar-refractivity contribution in [3.8, 4) is 0 Å². The number of hydrogen-bond donors (Lipinski definition) is 4. The van der Waals surface area contributed by atoms with E-state index in [4.69, 9.17) is 0 Å². The van der Waals surface area contributed by atoms with Crippen molar-refractivity contribution in [2.24, 2.45) is 4.99 Å². The molecule has 0 bridgehead atoms. The summed E-state index contributed by atoms with van der Waals surface area (Å²) in [7, 11) is 0. The molecule has 0 saturated carbocycles. The predicted octanol–water partition coefficient (Wildman–Crippen LogP) is 3.39. The predicted molar refractivity (Wildman–Crippen MR) is 124 cm³/mol. The number of carbonyl (C=O) groups excluding carboxylic acids is 1. The van der Waals surface area contributed by atoms with E-state index in [0.717, 1.165) is 36.8 Å². The number of aliphatic imine (C=N–C) groups is 1. The summed E-state index contributed by atoms with van der Waals surface area (Å²) in [5.74, 6) is 0.818. The van der Waals surface area contributed by atoms with Crippen LogP contribution in [0.5, 0.6) is 0 Å². The highest BCUT2D eigenvalue weighted by Gasteiger charge is 2.12. The molecule has 1 rings (SSSR count). The van der Waals surface area contributed by atoms with Crippen molar-refractivity contribution in [3.63, 3.8) is 0 Å². The summed E-state index contributed by atoms with van der Waals surface area (Å²) in [4.78, 5) is 18.9. The molecule has 0 radical (unpaired) electrons. The second kappa shape index (κ2) is 13.0. The molecule has 0 aliphatic rings. The van der Waals surface area contributed by atoms with Gasteiger partial charge in [0.1, 0.15) is 0 Å². The molecule has 0 unspecified atom stereocenters. The van der Waals surface area contributed by atoms with Gasteiger partial charge in [-0.25, -0.2) is 9.79 Å². The largest absolute Gasteiger partial charge is 0.357 e. The van der Waals surface area contributed by atoms with Crippen molar-refractivity contribution in [3.05, 3.63) is 29.8 Å². The Kier molecular flexibility index (Phi) is 11.1. The van der Waals surface area contributed by atoms with Crippen LogP contribution in [0.15, 0.2) is 29.3 Å². The van der Waals surface area contributed by atoms with Gasteiger partial charge < -0.3 is 21.3 Å². The Bertz CT molecular complexity index is 617. The fraction of sp³-hybridized carbons (Fsp3) is 0.636. The molecule has 7 nitrogen and oxygen atoms in total. The van der Waals surface area contributed by atoms with Crippen molar-refractivity contribution >= 4 is 17.7 Å². The Morgan fingerprint density at radius 1 is 1.00 bits per heavy atom. The van der Waals surface area contributed by atoms with Gasteiger partial charge in [-0.15, -0.1) is 0 Å². The molecule has 0 atom stereocenters. The van der Waals surface area contributed by atoms with Gasteiger partial charge in [0, 0.05) is 43.4 Å². The van der Waals surface area contributed by atoms with Crippen LogP contribution < -0.4 is 21.3 Å². The van der Waals surface area contributed by atoms with E-state index < -0.39 is 0 Å². The second-order valence-electron chi connectivity index (χ2n) is 8.00. The summed E-state index contributed by atoms with van der Waals surface area (Å²) in [6.07, 6.45) is 0. The monoisotopic (exact) mass is 404 g/mol. The fourth-order valence-corrected chi connectivity index (χ4v) is 3.05. The zero-order chi connectivity index (χ0) is 21.8. The molecule has 2 amide bonds. The van der Waals surface area contributed by atoms with Crippen LogP contribution in [-0.2, 0) is 6.54 Å². The SMILES string of the molecule is CCNC(=NCc1ccc(NC(=O)NC(C)C)cc1)NCCN(C(C)C)C(C)C. The van der Waals surface area contributed by atoms with Crippen LogP contribution in [0.2, 0.25) is 0 Å². The van der Waals surface area contributed by atoms with Crippen LogP contribution in [0, 0.1) is 0 Å². The van der Waals surface area contributed by atoms with Gasteiger partial charge in [0.05, 0.1) is 6.54 Å². The average molecular weight is 405 g/mol. The Labute approximate surface area is 176 Å². The van der Waals surface area contributed by atoms with Gasteiger partial charge in [0.2, 0.25) is 0 Å². The highest BCUT2D eigenvalue weighted by Crippen LogP contribution is 2.10. The van der Waals surface area contributed by atoms with Crippen molar-refractivity contribution < 1.29 is 4.79 Å². The van der Waals surface area contributed by atoms with Gasteiger partial charge in [-0.05, 0) is 66.2 Å². The third kappa shape index (κ3) is 10.2. The van der Waals surface area contributed by atoms with E-state index in [1.165, 1.54) is 0 Å². The molecule has 0 aromatic heterocycles. The Morgan fingerprint density at radius 2 is 1.62 bits per heavy atom. The molecule has 164 valence electrons. The molecule has 4 N–H and O–H groups in total. The second-order valence-corrected chi connectivity index (χ2v) is 8.00. The molecule has 0 fully saturated rings. The Hall–Kier alpha value is -2.28. The van der Waals surface area contributed by atoms with Crippen molar-refractivity contribution in [1.82, 2.24) is 20.9 Å². The molecular weight excluding hydrogens is 364 g/mol. The number of anilines is 1. The number of carbonyl (C=O) groups is 1. The Balaban J connectivity index is 2.58. The first kappa shape index (κ1) is 24.8. The maximum atomic E-state index is 11.8. The van der Waals surface area contributed by atoms with Crippen LogP contribution >= 0.6 is 0 Å². The number of amides is 2. The smallest absolute Gasteiger partial charge is 0.319 e. The van der Waals surface area contributed by atoms with Gasteiger partial charge >= 0.3 is 6.03 Å². The van der Waals surface area contributed by atoms with Gasteiger partial charge in [0.25, 0.3) is 0 Å². The number of urea groups is 1. The molecular formula is C22H40N6O. The lowest BCUT2D eigenvalue weighted by Crippen LogP contribution is -2.45. The van der Waals surface area contributed by atoms with E-state index in [-0.39, 0.29) is 12.1 Å². The van der Waals surface area contributed by atoms with E-state index >= 15 is 0 Å². The maximum Gasteiger partial charge on any atom is 0.319 e. The van der Waals surface area contributed by atoms with E-state index in [1.807, 2.05) is 38.1 Å². The molecule has 0 aliphatic carbocycles. The lowest BCUT2D eigenvalue weighted by molar-refractivity contribution is 0.178. The summed E-state index contributed by atoms with van der Waals surface area (Å²) in [6.45, 7) is 18.0. The zero-order valence-corrected chi connectivity index (χ0v) is 19.2. The van der Waals surface area contributed by atoms with E-state index in [1.54, 1.807) is 0 Å². The minimum Gasteiger partial charge on any atom is -0.357 e. The first-order valence-corrected chi connectivity index (χ1v) is 10.7. The maximum absolute atomic E-state index is 11.8. The summed E-state index contributed by atoms with van der Waals surface area (Å²) >= 11 is 0. The molecule has 0 spiro atoms. The van der Waals surface area contributed by atoms with Crippen molar-refractivity contribution in [1.29, 1.82) is 0 Å². The topological polar surface area (TPSA) is 80.8 Å². The lowest BCUT2D eigenvalue weighted by Gasteiger charge is -2.30. The molecule has 0 heterocycles. The average Bonchev–Trinajstić information content (AvgIpc) is 2.62. The standard InChI is InChI=1S/C22H40N6O/c1-8-23-21(24-13-14-28(17(4)5)18(6)7)25-15-19-9-11-20(12-10-19)27-22(29)26-16(2)3/h9-12,16-18H,8,13-15H2,1-7H3,(H2,23,24,25)(H2,26,27,29). The number of nitrogens with zero attached hydrogens (tertiary/aromatic N) is 2. The van der Waals surface area contributed by atoms with Gasteiger partial charge in [-0.1, -0.05) is 12.1 Å². The van der Waals surface area contributed by atoms with Crippen LogP contribution in [0.1, 0.15) is 54.0 Å². The summed E-state index contributed by atoms with van der Waals surface area (Å²) < 4.78 is 0. The quantitative estimate of drug-likeness (QED) is 0.356. The lowest BCUT2D eigenvalue weighted by atomic mass is 10.2.